The van der Waals surface area contributed by atoms with E-state index in [1.807, 2.05) is 41.8 Å². The van der Waals surface area contributed by atoms with Crippen LogP contribution >= 0.6 is 23.1 Å². The summed E-state index contributed by atoms with van der Waals surface area (Å²) in [5.41, 5.74) is 2.65. The van der Waals surface area contributed by atoms with Crippen molar-refractivity contribution >= 4 is 45.3 Å². The first-order chi connectivity index (χ1) is 17.6. The van der Waals surface area contributed by atoms with E-state index in [0.29, 0.717) is 28.9 Å². The standard InChI is InChI=1S/C25H20N6O3S2/c32-18-8-4-7-17(13-18)19-14-35-24(28-19)29-20(33)15-36-25-30-22-21(26-10-11-27-22)23(34)31(25)12-9-16-5-2-1-3-6-16/h1-8,10-11,13-14,32H,9,12,15H2,(H,28,29,33). The quantitative estimate of drug-likeness (QED) is 0.234. The Kier molecular flexibility index (Phi) is 7.01. The number of fused-ring (bicyclic) bond motifs is 1. The summed E-state index contributed by atoms with van der Waals surface area (Å²) in [6, 6.07) is 16.6. The third kappa shape index (κ3) is 5.42. The largest absolute Gasteiger partial charge is 0.508 e. The third-order valence-corrected chi connectivity index (χ3v) is 6.98. The van der Waals surface area contributed by atoms with Gasteiger partial charge in [-0.2, -0.15) is 0 Å². The number of benzene rings is 2. The molecule has 0 spiro atoms. The van der Waals surface area contributed by atoms with Crippen LogP contribution in [0.5, 0.6) is 5.75 Å². The molecule has 0 aliphatic heterocycles. The van der Waals surface area contributed by atoms with Crippen LogP contribution < -0.4 is 10.9 Å². The van der Waals surface area contributed by atoms with E-state index in [1.54, 1.807) is 22.8 Å². The molecule has 3 heterocycles. The average molecular weight is 517 g/mol. The highest BCUT2D eigenvalue weighted by atomic mass is 32.2. The van der Waals surface area contributed by atoms with Crippen molar-refractivity contribution in [1.29, 1.82) is 0 Å². The Labute approximate surface area is 213 Å². The summed E-state index contributed by atoms with van der Waals surface area (Å²) in [6.45, 7) is 0.395. The van der Waals surface area contributed by atoms with Gasteiger partial charge in [-0.05, 0) is 24.1 Å². The van der Waals surface area contributed by atoms with Crippen LogP contribution in [0.3, 0.4) is 0 Å². The van der Waals surface area contributed by atoms with Crippen LogP contribution in [0.4, 0.5) is 5.13 Å². The number of thioether (sulfide) groups is 1. The van der Waals surface area contributed by atoms with E-state index >= 15 is 0 Å². The number of amides is 1. The summed E-state index contributed by atoms with van der Waals surface area (Å²) < 4.78 is 1.55. The second-order valence-electron chi connectivity index (χ2n) is 7.74. The Morgan fingerprint density at radius 1 is 1.06 bits per heavy atom. The van der Waals surface area contributed by atoms with Gasteiger partial charge in [0.2, 0.25) is 5.91 Å². The number of hydrogen-bond donors (Lipinski definition) is 2. The second-order valence-corrected chi connectivity index (χ2v) is 9.54. The predicted molar refractivity (Wildman–Crippen MR) is 140 cm³/mol. The molecule has 1 amide bonds. The minimum Gasteiger partial charge on any atom is -0.508 e. The average Bonchev–Trinajstić information content (AvgIpc) is 3.36. The second kappa shape index (κ2) is 10.7. The molecule has 3 aromatic heterocycles. The van der Waals surface area contributed by atoms with Crippen molar-refractivity contribution in [2.45, 2.75) is 18.1 Å². The lowest BCUT2D eigenvalue weighted by molar-refractivity contribution is -0.113. The SMILES string of the molecule is O=C(CSc1nc2nccnc2c(=O)n1CCc1ccccc1)Nc1nc(-c2cccc(O)c2)cs1. The van der Waals surface area contributed by atoms with Crippen molar-refractivity contribution in [1.82, 2.24) is 24.5 Å². The fourth-order valence-corrected chi connectivity index (χ4v) is 5.09. The van der Waals surface area contributed by atoms with Crippen LogP contribution in [0.15, 0.2) is 82.3 Å². The van der Waals surface area contributed by atoms with Crippen molar-refractivity contribution < 1.29 is 9.90 Å². The van der Waals surface area contributed by atoms with Crippen LogP contribution in [-0.2, 0) is 17.8 Å². The van der Waals surface area contributed by atoms with E-state index in [2.05, 4.69) is 25.3 Å². The van der Waals surface area contributed by atoms with Gasteiger partial charge in [0.1, 0.15) is 5.75 Å². The van der Waals surface area contributed by atoms with E-state index in [1.165, 1.54) is 23.7 Å². The molecule has 5 rings (SSSR count). The maximum Gasteiger partial charge on any atom is 0.282 e. The van der Waals surface area contributed by atoms with Crippen molar-refractivity contribution in [3.05, 3.63) is 88.3 Å². The van der Waals surface area contributed by atoms with Gasteiger partial charge in [0, 0.05) is 29.9 Å². The molecule has 0 bridgehead atoms. The van der Waals surface area contributed by atoms with Gasteiger partial charge in [-0.3, -0.25) is 14.2 Å². The molecule has 2 aromatic carbocycles. The number of carbonyl (C=O) groups is 1. The van der Waals surface area contributed by atoms with Crippen LogP contribution in [0, 0.1) is 0 Å². The van der Waals surface area contributed by atoms with Gasteiger partial charge in [-0.25, -0.2) is 19.9 Å². The molecule has 180 valence electrons. The Balaban J connectivity index is 1.31. The van der Waals surface area contributed by atoms with Gasteiger partial charge in [-0.1, -0.05) is 54.2 Å². The van der Waals surface area contributed by atoms with Gasteiger partial charge in [0.15, 0.2) is 21.5 Å². The predicted octanol–water partition coefficient (Wildman–Crippen LogP) is 3.99. The number of aromatic hydroxyl groups is 1. The molecule has 2 N–H and O–H groups in total. The number of thiazole rings is 1. The minimum absolute atomic E-state index is 0.0323. The number of phenolic OH excluding ortho intramolecular Hbond substituents is 1. The number of rotatable bonds is 8. The van der Waals surface area contributed by atoms with Crippen LogP contribution in [-0.4, -0.2) is 41.3 Å². The van der Waals surface area contributed by atoms with E-state index in [9.17, 15) is 14.7 Å². The minimum atomic E-state index is -0.289. The van der Waals surface area contributed by atoms with Crippen molar-refractivity contribution in [2.75, 3.05) is 11.1 Å². The molecular formula is C25H20N6O3S2. The van der Waals surface area contributed by atoms with Crippen LogP contribution in [0.25, 0.3) is 22.4 Å². The van der Waals surface area contributed by atoms with Crippen molar-refractivity contribution in [2.24, 2.45) is 0 Å². The van der Waals surface area contributed by atoms with Gasteiger partial charge in [0.05, 0.1) is 11.4 Å². The van der Waals surface area contributed by atoms with Crippen molar-refractivity contribution in [3.8, 4) is 17.0 Å². The fourth-order valence-electron chi connectivity index (χ4n) is 3.54. The molecule has 36 heavy (non-hydrogen) atoms. The van der Waals surface area contributed by atoms with E-state index in [4.69, 9.17) is 0 Å². The first-order valence-corrected chi connectivity index (χ1v) is 12.9. The van der Waals surface area contributed by atoms with E-state index in [-0.39, 0.29) is 34.1 Å². The zero-order chi connectivity index (χ0) is 24.9. The molecule has 0 fully saturated rings. The number of aryl methyl sites for hydroxylation is 1. The van der Waals surface area contributed by atoms with Crippen LogP contribution in [0.2, 0.25) is 0 Å². The molecule has 0 saturated heterocycles. The van der Waals surface area contributed by atoms with E-state index in [0.717, 1.165) is 22.9 Å². The highest BCUT2D eigenvalue weighted by Crippen LogP contribution is 2.27. The number of nitrogens with one attached hydrogen (secondary N) is 1. The molecule has 11 heteroatoms. The van der Waals surface area contributed by atoms with Gasteiger partial charge in [-0.15, -0.1) is 11.3 Å². The molecule has 0 unspecified atom stereocenters. The molecule has 0 atom stereocenters. The van der Waals surface area contributed by atoms with Crippen LogP contribution in [0.1, 0.15) is 5.56 Å². The lowest BCUT2D eigenvalue weighted by Gasteiger charge is -2.12. The monoisotopic (exact) mass is 516 g/mol. The molecule has 0 saturated carbocycles. The lowest BCUT2D eigenvalue weighted by atomic mass is 10.1. The number of nitrogens with zero attached hydrogens (tertiary/aromatic N) is 5. The molecule has 5 aromatic rings. The summed E-state index contributed by atoms with van der Waals surface area (Å²) >= 11 is 2.45. The lowest BCUT2D eigenvalue weighted by Crippen LogP contribution is -2.26. The first-order valence-electron chi connectivity index (χ1n) is 11.0. The number of carbonyl (C=O) groups excluding carboxylic acids is 1. The van der Waals surface area contributed by atoms with Gasteiger partial charge >= 0.3 is 0 Å². The molecule has 0 aliphatic carbocycles. The fraction of sp³-hybridized carbons (Fsp3) is 0.120. The molecule has 0 radical (unpaired) electrons. The van der Waals surface area contributed by atoms with Gasteiger partial charge < -0.3 is 10.4 Å². The number of phenols is 1. The number of anilines is 1. The Bertz CT molecular complexity index is 1590. The molecule has 9 nitrogen and oxygen atoms in total. The first kappa shape index (κ1) is 23.6. The van der Waals surface area contributed by atoms with Gasteiger partial charge in [0.25, 0.3) is 5.56 Å². The Hall–Kier alpha value is -4.09. The molecule has 0 aliphatic rings. The summed E-state index contributed by atoms with van der Waals surface area (Å²) in [4.78, 5) is 43.1. The molecular weight excluding hydrogens is 496 g/mol. The normalized spacial score (nSPS) is 11.0. The van der Waals surface area contributed by atoms with Crippen molar-refractivity contribution in [3.63, 3.8) is 0 Å². The maximum absolute atomic E-state index is 13.1. The highest BCUT2D eigenvalue weighted by molar-refractivity contribution is 7.99. The summed E-state index contributed by atoms with van der Waals surface area (Å²) in [7, 11) is 0. The Morgan fingerprint density at radius 3 is 2.72 bits per heavy atom. The highest BCUT2D eigenvalue weighted by Gasteiger charge is 2.16. The smallest absolute Gasteiger partial charge is 0.282 e. The van der Waals surface area contributed by atoms with E-state index < -0.39 is 0 Å². The number of hydrogen-bond acceptors (Lipinski definition) is 9. The topological polar surface area (TPSA) is 123 Å². The zero-order valence-corrected chi connectivity index (χ0v) is 20.5. The third-order valence-electron chi connectivity index (χ3n) is 5.25. The number of aromatic nitrogens is 5. The summed E-state index contributed by atoms with van der Waals surface area (Å²) in [6.07, 6.45) is 3.58. The zero-order valence-electron chi connectivity index (χ0n) is 18.9. The summed E-state index contributed by atoms with van der Waals surface area (Å²) in [5, 5.41) is 15.1. The Morgan fingerprint density at radius 2 is 1.89 bits per heavy atom. The maximum atomic E-state index is 13.1. The summed E-state index contributed by atoms with van der Waals surface area (Å²) in [5.74, 6) is -0.0989.